The van der Waals surface area contributed by atoms with Gasteiger partial charge in [-0.05, 0) is 31.3 Å². The summed E-state index contributed by atoms with van der Waals surface area (Å²) in [4.78, 5) is 47.8. The van der Waals surface area contributed by atoms with Gasteiger partial charge in [0.05, 0.1) is 12.6 Å². The monoisotopic (exact) mass is 420 g/mol. The zero-order valence-corrected chi connectivity index (χ0v) is 17.5. The van der Waals surface area contributed by atoms with E-state index in [-0.39, 0.29) is 5.92 Å². The lowest BCUT2D eigenvalue weighted by atomic mass is 9.99. The first-order chi connectivity index (χ1) is 13.1. The summed E-state index contributed by atoms with van der Waals surface area (Å²) < 4.78 is 0. The minimum atomic E-state index is -1.34. The highest BCUT2D eigenvalue weighted by Gasteiger charge is 2.30. The lowest BCUT2D eigenvalue weighted by molar-refractivity contribution is -0.144. The molecule has 0 aromatic heterocycles. The van der Waals surface area contributed by atoms with Crippen molar-refractivity contribution in [1.82, 2.24) is 16.0 Å². The third kappa shape index (κ3) is 8.89. The normalized spacial score (nSPS) is 16.2. The van der Waals surface area contributed by atoms with Crippen LogP contribution in [0.5, 0.6) is 0 Å². The number of rotatable bonds is 13. The maximum absolute atomic E-state index is 12.3. The second-order valence-corrected chi connectivity index (χ2v) is 7.56. The Morgan fingerprint density at radius 3 is 2.11 bits per heavy atom. The van der Waals surface area contributed by atoms with Crippen molar-refractivity contribution in [2.75, 3.05) is 18.6 Å². The van der Waals surface area contributed by atoms with Gasteiger partial charge < -0.3 is 31.9 Å². The van der Waals surface area contributed by atoms with Gasteiger partial charge in [-0.3, -0.25) is 14.4 Å². The predicted octanol–water partition coefficient (Wildman–Crippen LogP) is -1.34. The highest BCUT2D eigenvalue weighted by molar-refractivity contribution is 7.98. The van der Waals surface area contributed by atoms with Crippen LogP contribution in [0.4, 0.5) is 0 Å². The predicted molar refractivity (Wildman–Crippen MR) is 107 cm³/mol. The first-order valence-corrected chi connectivity index (χ1v) is 10.5. The molecular formula is C17H32N4O6S. The average Bonchev–Trinajstić information content (AvgIpc) is 2.66. The molecule has 0 saturated carbocycles. The largest absolute Gasteiger partial charge is 0.480 e. The van der Waals surface area contributed by atoms with Crippen LogP contribution in [0.3, 0.4) is 0 Å². The number of amides is 3. The number of aliphatic carboxylic acids is 1. The number of nitrogens with two attached hydrogens (primary N) is 1. The fraction of sp³-hybridized carbons (Fsp3) is 0.765. The molecule has 11 heteroatoms. The topological polar surface area (TPSA) is 171 Å². The van der Waals surface area contributed by atoms with E-state index in [0.29, 0.717) is 18.6 Å². The molecule has 0 aliphatic carbocycles. The number of thioether (sulfide) groups is 1. The lowest BCUT2D eigenvalue weighted by Gasteiger charge is -2.24. The molecule has 0 aromatic rings. The summed E-state index contributed by atoms with van der Waals surface area (Å²) >= 11 is 1.54. The molecule has 5 atom stereocenters. The van der Waals surface area contributed by atoms with Crippen molar-refractivity contribution in [3.63, 3.8) is 0 Å². The third-order valence-corrected chi connectivity index (χ3v) is 4.96. The quantitative estimate of drug-likeness (QED) is 0.213. The molecule has 0 rings (SSSR count). The van der Waals surface area contributed by atoms with Crippen LogP contribution < -0.4 is 21.7 Å². The average molecular weight is 421 g/mol. The van der Waals surface area contributed by atoms with Gasteiger partial charge in [-0.25, -0.2) is 4.79 Å². The van der Waals surface area contributed by atoms with Gasteiger partial charge in [0.25, 0.3) is 0 Å². The molecule has 0 aliphatic rings. The Morgan fingerprint density at radius 2 is 1.64 bits per heavy atom. The van der Waals surface area contributed by atoms with E-state index < -0.39 is 54.5 Å². The molecule has 10 nitrogen and oxygen atoms in total. The fourth-order valence-electron chi connectivity index (χ4n) is 2.19. The molecule has 162 valence electrons. The van der Waals surface area contributed by atoms with Crippen LogP contribution in [0, 0.1) is 5.92 Å². The van der Waals surface area contributed by atoms with Crippen molar-refractivity contribution >= 4 is 35.5 Å². The number of carboxylic acids is 1. The second kappa shape index (κ2) is 13.3. The summed E-state index contributed by atoms with van der Waals surface area (Å²) in [5.74, 6) is -2.86. The number of hydrogen-bond donors (Lipinski definition) is 6. The van der Waals surface area contributed by atoms with Gasteiger partial charge in [-0.1, -0.05) is 20.3 Å². The lowest BCUT2D eigenvalue weighted by Crippen LogP contribution is -2.58. The molecule has 7 N–H and O–H groups in total. The molecule has 5 unspecified atom stereocenters. The maximum atomic E-state index is 12.3. The molecule has 0 fully saturated rings. The molecule has 0 saturated heterocycles. The van der Waals surface area contributed by atoms with E-state index >= 15 is 0 Å². The molecule has 0 aliphatic heterocycles. The van der Waals surface area contributed by atoms with E-state index in [1.807, 2.05) is 6.26 Å². The van der Waals surface area contributed by atoms with Crippen LogP contribution in [-0.2, 0) is 19.2 Å². The van der Waals surface area contributed by atoms with Crippen molar-refractivity contribution in [3.05, 3.63) is 0 Å². The molecular weight excluding hydrogens is 388 g/mol. The highest BCUT2D eigenvalue weighted by Crippen LogP contribution is 2.08. The summed E-state index contributed by atoms with van der Waals surface area (Å²) in [6, 6.07) is -4.23. The molecule has 0 bridgehead atoms. The Balaban J connectivity index is 4.81. The Morgan fingerprint density at radius 1 is 1.04 bits per heavy atom. The number of carboxylic acid groups (broad SMARTS) is 1. The van der Waals surface area contributed by atoms with Crippen LogP contribution >= 0.6 is 11.8 Å². The summed E-state index contributed by atoms with van der Waals surface area (Å²) in [5, 5.41) is 25.7. The second-order valence-electron chi connectivity index (χ2n) is 6.57. The zero-order valence-electron chi connectivity index (χ0n) is 16.7. The standard InChI is InChI=1S/C17H32N4O6S/c1-5-9(2)13(17(26)27)21-16(25)12(8-22)20-14(23)10(3)19-15(24)11(18)6-7-28-4/h9-13,22H,5-8,18H2,1-4H3,(H,19,24)(H,20,23)(H,21,25)(H,26,27). The summed E-state index contributed by atoms with van der Waals surface area (Å²) in [6.07, 6.45) is 2.86. The minimum absolute atomic E-state index is 0.336. The first kappa shape index (κ1) is 26.1. The molecule has 3 amide bonds. The smallest absolute Gasteiger partial charge is 0.326 e. The molecule has 28 heavy (non-hydrogen) atoms. The number of nitrogens with one attached hydrogen (secondary N) is 3. The van der Waals surface area contributed by atoms with Crippen molar-refractivity contribution in [2.24, 2.45) is 11.7 Å². The van der Waals surface area contributed by atoms with Crippen LogP contribution in [0.1, 0.15) is 33.6 Å². The van der Waals surface area contributed by atoms with E-state index in [1.165, 1.54) is 6.92 Å². The fourth-order valence-corrected chi connectivity index (χ4v) is 2.68. The summed E-state index contributed by atoms with van der Waals surface area (Å²) in [5.41, 5.74) is 5.74. The maximum Gasteiger partial charge on any atom is 0.326 e. The SMILES string of the molecule is CCC(C)C(NC(=O)C(CO)NC(=O)C(C)NC(=O)C(N)CCSC)C(=O)O. The molecule has 0 heterocycles. The number of carbonyl (C=O) groups is 4. The molecule has 0 aromatic carbocycles. The zero-order chi connectivity index (χ0) is 21.9. The van der Waals surface area contributed by atoms with Crippen molar-refractivity contribution in [3.8, 4) is 0 Å². The van der Waals surface area contributed by atoms with E-state index in [1.54, 1.807) is 25.6 Å². The van der Waals surface area contributed by atoms with E-state index in [2.05, 4.69) is 16.0 Å². The molecule has 0 spiro atoms. The van der Waals surface area contributed by atoms with Crippen molar-refractivity contribution in [2.45, 2.75) is 57.8 Å². The van der Waals surface area contributed by atoms with E-state index in [0.717, 1.165) is 0 Å². The molecule has 0 radical (unpaired) electrons. The third-order valence-electron chi connectivity index (χ3n) is 4.31. The van der Waals surface area contributed by atoms with Crippen LogP contribution in [0.25, 0.3) is 0 Å². The van der Waals surface area contributed by atoms with Crippen LogP contribution in [0.15, 0.2) is 0 Å². The van der Waals surface area contributed by atoms with Gasteiger partial charge in [0.2, 0.25) is 17.7 Å². The minimum Gasteiger partial charge on any atom is -0.480 e. The number of aliphatic hydroxyl groups excluding tert-OH is 1. The van der Waals surface area contributed by atoms with E-state index in [4.69, 9.17) is 5.73 Å². The van der Waals surface area contributed by atoms with E-state index in [9.17, 15) is 29.4 Å². The Hall–Kier alpha value is -1.85. The number of aliphatic hydroxyl groups is 1. The van der Waals surface area contributed by atoms with Gasteiger partial charge in [-0.2, -0.15) is 11.8 Å². The summed E-state index contributed by atoms with van der Waals surface area (Å²) in [7, 11) is 0. The van der Waals surface area contributed by atoms with Gasteiger partial charge in [0, 0.05) is 0 Å². The van der Waals surface area contributed by atoms with Gasteiger partial charge >= 0.3 is 5.97 Å². The number of hydrogen-bond acceptors (Lipinski definition) is 7. The van der Waals surface area contributed by atoms with Crippen molar-refractivity contribution < 1.29 is 29.4 Å². The highest BCUT2D eigenvalue weighted by atomic mass is 32.2. The van der Waals surface area contributed by atoms with Gasteiger partial charge in [-0.15, -0.1) is 0 Å². The summed E-state index contributed by atoms with van der Waals surface area (Å²) in [6.45, 7) is 4.15. The number of carbonyl (C=O) groups excluding carboxylic acids is 3. The Labute approximate surface area is 169 Å². The first-order valence-electron chi connectivity index (χ1n) is 9.08. The Kier molecular flexibility index (Phi) is 12.5. The van der Waals surface area contributed by atoms with Crippen LogP contribution in [0.2, 0.25) is 0 Å². The van der Waals surface area contributed by atoms with Gasteiger partial charge in [0.1, 0.15) is 18.1 Å². The van der Waals surface area contributed by atoms with Crippen LogP contribution in [-0.4, -0.2) is 76.7 Å². The Bertz CT molecular complexity index is 548. The van der Waals surface area contributed by atoms with Gasteiger partial charge in [0.15, 0.2) is 0 Å². The van der Waals surface area contributed by atoms with Crippen molar-refractivity contribution in [1.29, 1.82) is 0 Å².